The van der Waals surface area contributed by atoms with Crippen LogP contribution in [-0.2, 0) is 0 Å². The number of rotatable bonds is 1. The Hall–Kier alpha value is -0.520. The molecule has 0 N–H and O–H groups in total. The van der Waals surface area contributed by atoms with Gasteiger partial charge in [-0.15, -0.1) is 12.0 Å². The molecule has 0 saturated carbocycles. The van der Waals surface area contributed by atoms with Crippen molar-refractivity contribution in [2.75, 3.05) is 0 Å². The lowest BCUT2D eigenvalue weighted by Gasteiger charge is -2.17. The summed E-state index contributed by atoms with van der Waals surface area (Å²) in [5.74, 6) is 0.694. The molecule has 1 aliphatic carbocycles. The highest BCUT2D eigenvalue weighted by Crippen LogP contribution is 2.12. The topological polar surface area (TPSA) is 0 Å². The summed E-state index contributed by atoms with van der Waals surface area (Å²) in [6.07, 6.45) is 12.0. The molecule has 0 heteroatoms. The Kier molecular flexibility index (Phi) is 1.90. The van der Waals surface area contributed by atoms with Gasteiger partial charge in [-0.05, 0) is 0 Å². The molecule has 1 unspecified atom stereocenters. The Bertz CT molecular complexity index is 109. The average molecular weight is 107 g/mol. The number of hydrogen-bond acceptors (Lipinski definition) is 0. The van der Waals surface area contributed by atoms with E-state index < -0.39 is 0 Å². The first-order chi connectivity index (χ1) is 3.93. The van der Waals surface area contributed by atoms with E-state index in [0.717, 1.165) is 0 Å². The molecule has 0 amide bonds. The Morgan fingerprint density at radius 1 is 1.50 bits per heavy atom. The Balaban J connectivity index is 2.40. The maximum absolute atomic E-state index is 2.22. The third kappa shape index (κ3) is 1.22. The average Bonchev–Trinajstić information content (AvgIpc) is 1.90. The van der Waals surface area contributed by atoms with Gasteiger partial charge >= 0.3 is 0 Å². The van der Waals surface area contributed by atoms with Gasteiger partial charge < -0.3 is 6.42 Å². The van der Waals surface area contributed by atoms with Crippen LogP contribution in [0.5, 0.6) is 0 Å². The maximum Gasteiger partial charge on any atom is -0.0559 e. The molecule has 0 heterocycles. The Morgan fingerprint density at radius 3 is 2.75 bits per heavy atom. The van der Waals surface area contributed by atoms with Gasteiger partial charge in [-0.1, -0.05) is 24.6 Å². The van der Waals surface area contributed by atoms with Gasteiger partial charge in [0.25, 0.3) is 0 Å². The monoisotopic (exact) mass is 107 g/mol. The van der Waals surface area contributed by atoms with E-state index in [1.165, 1.54) is 6.42 Å². The van der Waals surface area contributed by atoms with E-state index in [9.17, 15) is 0 Å². The highest BCUT2D eigenvalue weighted by Gasteiger charge is 1.90. The molecular weight excluding hydrogens is 96.1 g/mol. The van der Waals surface area contributed by atoms with Crippen molar-refractivity contribution in [2.45, 2.75) is 13.3 Å². The third-order valence-electron chi connectivity index (χ3n) is 1.44. The fourth-order valence-corrected chi connectivity index (χ4v) is 0.847. The smallest absolute Gasteiger partial charge is 0.0559 e. The first kappa shape index (κ1) is 5.61. The molecule has 0 bridgehead atoms. The highest BCUT2D eigenvalue weighted by atomic mass is 14.0. The van der Waals surface area contributed by atoms with Crippen LogP contribution in [0.2, 0.25) is 0 Å². The lowest BCUT2D eigenvalue weighted by atomic mass is 9.99. The molecule has 0 aromatic carbocycles. The fraction of sp³-hybridized carbons (Fsp3) is 0.375. The van der Waals surface area contributed by atoms with Crippen LogP contribution in [0.1, 0.15) is 13.3 Å². The van der Waals surface area contributed by atoms with Crippen molar-refractivity contribution < 1.29 is 0 Å². The zero-order valence-electron chi connectivity index (χ0n) is 5.17. The van der Waals surface area contributed by atoms with Crippen LogP contribution in [0.25, 0.3) is 0 Å². The van der Waals surface area contributed by atoms with E-state index >= 15 is 0 Å². The molecule has 0 radical (unpaired) electrons. The fourth-order valence-electron chi connectivity index (χ4n) is 0.847. The van der Waals surface area contributed by atoms with Crippen LogP contribution in [0, 0.1) is 12.3 Å². The quantitative estimate of drug-likeness (QED) is 0.451. The predicted molar refractivity (Wildman–Crippen MR) is 36.4 cm³/mol. The summed E-state index contributed by atoms with van der Waals surface area (Å²) in [6, 6.07) is 0. The van der Waals surface area contributed by atoms with Crippen molar-refractivity contribution in [2.24, 2.45) is 5.92 Å². The summed E-state index contributed by atoms with van der Waals surface area (Å²) in [6.45, 7) is 2.11. The lowest BCUT2D eigenvalue weighted by Crippen LogP contribution is -1.94. The molecule has 0 aromatic heterocycles. The van der Waals surface area contributed by atoms with Crippen molar-refractivity contribution >= 4 is 0 Å². The predicted octanol–water partition coefficient (Wildman–Crippen LogP) is 2.34. The van der Waals surface area contributed by atoms with Crippen LogP contribution < -0.4 is 0 Å². The summed E-state index contributed by atoms with van der Waals surface area (Å²) in [4.78, 5) is 0. The van der Waals surface area contributed by atoms with Crippen molar-refractivity contribution in [1.82, 2.24) is 0 Å². The van der Waals surface area contributed by atoms with Gasteiger partial charge in [-0.2, -0.15) is 6.92 Å². The van der Waals surface area contributed by atoms with E-state index in [4.69, 9.17) is 0 Å². The summed E-state index contributed by atoms with van der Waals surface area (Å²) in [5.41, 5.74) is 0. The van der Waals surface area contributed by atoms with Crippen LogP contribution in [0.3, 0.4) is 0 Å². The van der Waals surface area contributed by atoms with E-state index in [2.05, 4.69) is 37.6 Å². The summed E-state index contributed by atoms with van der Waals surface area (Å²) in [7, 11) is 0. The van der Waals surface area contributed by atoms with Crippen LogP contribution in [0.15, 0.2) is 24.3 Å². The maximum atomic E-state index is 2.22. The lowest BCUT2D eigenvalue weighted by molar-refractivity contribution is 0.760. The second-order valence-corrected chi connectivity index (χ2v) is 2.05. The normalized spacial score (nSPS) is 26.4. The van der Waals surface area contributed by atoms with Gasteiger partial charge in [0.2, 0.25) is 0 Å². The molecule has 0 saturated heterocycles. The summed E-state index contributed by atoms with van der Waals surface area (Å²) >= 11 is 0. The second kappa shape index (κ2) is 2.71. The first-order valence-electron chi connectivity index (χ1n) is 3.06. The molecule has 1 atom stereocenters. The zero-order chi connectivity index (χ0) is 5.82. The Labute approximate surface area is 50.9 Å². The minimum Gasteiger partial charge on any atom is -0.324 e. The molecule has 0 nitrogen and oxygen atoms in total. The van der Waals surface area contributed by atoms with Gasteiger partial charge in [-0.3, -0.25) is 0 Å². The SMILES string of the molecule is C[CH-]C1C=CC=CC1. The Morgan fingerprint density at radius 2 is 2.38 bits per heavy atom. The number of hydrogen-bond donors (Lipinski definition) is 0. The molecule has 8 heavy (non-hydrogen) atoms. The van der Waals surface area contributed by atoms with E-state index in [1.54, 1.807) is 0 Å². The molecule has 0 spiro atoms. The molecular formula is C8H11-. The van der Waals surface area contributed by atoms with E-state index in [0.29, 0.717) is 5.92 Å². The molecule has 0 aliphatic heterocycles. The van der Waals surface area contributed by atoms with Gasteiger partial charge in [-0.25, -0.2) is 0 Å². The summed E-state index contributed by atoms with van der Waals surface area (Å²) in [5, 5.41) is 0. The molecule has 0 aromatic rings. The zero-order valence-corrected chi connectivity index (χ0v) is 5.17. The molecule has 0 fully saturated rings. The second-order valence-electron chi connectivity index (χ2n) is 2.05. The first-order valence-corrected chi connectivity index (χ1v) is 3.06. The molecule has 1 aliphatic rings. The summed E-state index contributed by atoms with van der Waals surface area (Å²) < 4.78 is 0. The van der Waals surface area contributed by atoms with Crippen molar-refractivity contribution in [1.29, 1.82) is 0 Å². The highest BCUT2D eigenvalue weighted by molar-refractivity contribution is 5.12. The standard InChI is InChI=1S/C8H11/c1-2-8-6-4-3-5-7-8/h2-6,8H,7H2,1H3/q-1. The van der Waals surface area contributed by atoms with Gasteiger partial charge in [0.05, 0.1) is 0 Å². The van der Waals surface area contributed by atoms with Crippen LogP contribution in [-0.4, -0.2) is 0 Å². The molecule has 1 rings (SSSR count). The van der Waals surface area contributed by atoms with Crippen molar-refractivity contribution in [3.63, 3.8) is 0 Å². The van der Waals surface area contributed by atoms with Crippen molar-refractivity contribution in [3.8, 4) is 0 Å². The number of allylic oxidation sites excluding steroid dienone is 4. The van der Waals surface area contributed by atoms with Crippen molar-refractivity contribution in [3.05, 3.63) is 30.7 Å². The van der Waals surface area contributed by atoms with Gasteiger partial charge in [0, 0.05) is 0 Å². The third-order valence-corrected chi connectivity index (χ3v) is 1.44. The van der Waals surface area contributed by atoms with E-state index in [-0.39, 0.29) is 0 Å². The minimum absolute atomic E-state index is 0.694. The van der Waals surface area contributed by atoms with E-state index in [1.807, 2.05) is 0 Å². The molecule has 44 valence electrons. The van der Waals surface area contributed by atoms with Crippen LogP contribution >= 0.6 is 0 Å². The minimum atomic E-state index is 0.694. The largest absolute Gasteiger partial charge is 0.324 e. The van der Waals surface area contributed by atoms with Crippen LogP contribution in [0.4, 0.5) is 0 Å². The van der Waals surface area contributed by atoms with Gasteiger partial charge in [0.15, 0.2) is 0 Å². The van der Waals surface area contributed by atoms with Gasteiger partial charge in [0.1, 0.15) is 0 Å².